The summed E-state index contributed by atoms with van der Waals surface area (Å²) < 4.78 is 29.3. The molecule has 9 nitrogen and oxygen atoms in total. The summed E-state index contributed by atoms with van der Waals surface area (Å²) >= 11 is 0. The first-order chi connectivity index (χ1) is 34.1. The Morgan fingerprint density at radius 2 is 1.21 bits per heavy atom. The van der Waals surface area contributed by atoms with E-state index in [4.69, 9.17) is 28.4 Å². The quantitative estimate of drug-likeness (QED) is 0.140. The minimum absolute atomic E-state index is 0.0528. The zero-order chi connectivity index (χ0) is 49.2. The van der Waals surface area contributed by atoms with E-state index in [1.165, 1.54) is 11.1 Å². The molecule has 2 aliphatic rings. The van der Waals surface area contributed by atoms with Gasteiger partial charge in [0, 0.05) is 40.1 Å². The number of para-hydroxylation sites is 3. The summed E-state index contributed by atoms with van der Waals surface area (Å²) in [4.78, 5) is 14.4. The molecular weight excluding hydrogens is 875 g/mol. The van der Waals surface area contributed by atoms with Crippen molar-refractivity contribution in [2.24, 2.45) is 0 Å². The van der Waals surface area contributed by atoms with Gasteiger partial charge in [-0.25, -0.2) is 4.98 Å². The van der Waals surface area contributed by atoms with Gasteiger partial charge in [-0.05, 0) is 86.8 Å². The third-order valence-corrected chi connectivity index (χ3v) is 13.5. The van der Waals surface area contributed by atoms with Gasteiger partial charge in [0.2, 0.25) is 0 Å². The maximum atomic E-state index is 6.83. The Morgan fingerprint density at radius 3 is 1.90 bits per heavy atom. The average molecular weight is 934 g/mol. The van der Waals surface area contributed by atoms with Crippen molar-refractivity contribution >= 4 is 71.4 Å². The van der Waals surface area contributed by atoms with Gasteiger partial charge >= 0.3 is 21.4 Å². The average Bonchev–Trinajstić information content (AvgIpc) is 3.91. The van der Waals surface area contributed by atoms with E-state index in [9.17, 15) is 0 Å². The molecule has 2 aliphatic heterocycles. The molecule has 1 saturated heterocycles. The second-order valence-corrected chi connectivity index (χ2v) is 22.0. The van der Waals surface area contributed by atoms with Crippen molar-refractivity contribution in [3.05, 3.63) is 182 Å². The topological polar surface area (TPSA) is 74.1 Å². The molecule has 1 fully saturated rings. The largest absolute Gasteiger partial charge is 0.468 e. The first kappa shape index (κ1) is 46.3. The summed E-state index contributed by atoms with van der Waals surface area (Å²) in [5, 5.41) is 1.66. The number of hydrogen-bond acceptors (Lipinski definition) is 8. The summed E-state index contributed by atoms with van der Waals surface area (Å²) in [6.45, 7) is 20.1. The molecule has 71 heavy (non-hydrogen) atoms. The number of pyridine rings is 2. The van der Waals surface area contributed by atoms with Crippen molar-refractivity contribution in [2.75, 3.05) is 16.5 Å². The second-order valence-electron chi connectivity index (χ2n) is 22.0. The van der Waals surface area contributed by atoms with Gasteiger partial charge in [0.25, 0.3) is 0 Å². The second kappa shape index (κ2) is 17.9. The van der Waals surface area contributed by atoms with Crippen LogP contribution in [-0.2, 0) is 19.1 Å². The molecule has 0 unspecified atom stereocenters. The summed E-state index contributed by atoms with van der Waals surface area (Å²) in [6.07, 6.45) is 5.60. The van der Waals surface area contributed by atoms with Crippen LogP contribution in [0, 0.1) is 0 Å². The van der Waals surface area contributed by atoms with Gasteiger partial charge in [-0.2, -0.15) is 0 Å². The standard InChI is InChI=1S/C59H58B3N5O4/c1-57(2,3)43-31-32-64-55(34-43)67-51-30-27-42(40-19-12-10-13-20-40)33-49(51)48-29-28-45(36-54(48)67)68-46-35-44(37-63-38-46)65-39-66(53-26-17-16-25-52(53)65)56-47(41-21-14-11-15-22-41)23-18-24-50(56)60-69-61(58(4,5)6)71-62(70-60)59(7,8)9/h10-38H,39H2,1-9H3. The lowest BCUT2D eigenvalue weighted by Gasteiger charge is -2.41. The number of anilines is 4. The van der Waals surface area contributed by atoms with Crippen LogP contribution in [-0.4, -0.2) is 42.6 Å². The summed E-state index contributed by atoms with van der Waals surface area (Å²) in [6, 6.07) is 55.5. The number of benzene rings is 6. The number of fused-ring (bicyclic) bond motifs is 4. The molecule has 0 bridgehead atoms. The zero-order valence-electron chi connectivity index (χ0n) is 42.1. The van der Waals surface area contributed by atoms with E-state index in [1.54, 1.807) is 6.20 Å². The highest BCUT2D eigenvalue weighted by molar-refractivity contribution is 6.81. The third-order valence-electron chi connectivity index (χ3n) is 13.5. The summed E-state index contributed by atoms with van der Waals surface area (Å²) in [5.41, 5.74) is 12.6. The molecule has 352 valence electrons. The molecule has 0 N–H and O–H groups in total. The lowest BCUT2D eigenvalue weighted by Crippen LogP contribution is -2.59. The number of rotatable bonds is 8. The van der Waals surface area contributed by atoms with E-state index < -0.39 is 21.4 Å². The van der Waals surface area contributed by atoms with Crippen LogP contribution in [0.25, 0.3) is 49.9 Å². The fourth-order valence-electron chi connectivity index (χ4n) is 9.80. The van der Waals surface area contributed by atoms with Crippen LogP contribution in [0.4, 0.5) is 22.7 Å². The van der Waals surface area contributed by atoms with E-state index in [2.05, 4.69) is 234 Å². The predicted octanol–water partition coefficient (Wildman–Crippen LogP) is 14.6. The Kier molecular flexibility index (Phi) is 11.7. The molecule has 0 radical (unpaired) electrons. The lowest BCUT2D eigenvalue weighted by atomic mass is 9.50. The molecule has 12 heteroatoms. The molecule has 0 aliphatic carbocycles. The molecule has 6 aromatic carbocycles. The number of aromatic nitrogens is 3. The maximum Gasteiger partial charge on any atom is 0.468 e. The molecule has 0 atom stereocenters. The van der Waals surface area contributed by atoms with E-state index in [0.29, 0.717) is 18.2 Å². The van der Waals surface area contributed by atoms with E-state index in [-0.39, 0.29) is 16.0 Å². The maximum absolute atomic E-state index is 6.83. The summed E-state index contributed by atoms with van der Waals surface area (Å²) in [7, 11) is -1.69. The highest BCUT2D eigenvalue weighted by Gasteiger charge is 2.52. The van der Waals surface area contributed by atoms with Crippen molar-refractivity contribution in [3.63, 3.8) is 0 Å². The van der Waals surface area contributed by atoms with E-state index in [1.807, 2.05) is 12.4 Å². The van der Waals surface area contributed by atoms with Gasteiger partial charge in [0.1, 0.15) is 24.0 Å². The highest BCUT2D eigenvalue weighted by atomic mass is 16.7. The molecule has 0 amide bonds. The van der Waals surface area contributed by atoms with Crippen LogP contribution in [0.5, 0.6) is 11.5 Å². The molecule has 3 aromatic heterocycles. The molecule has 9 aromatic rings. The minimum Gasteiger partial charge on any atom is -0.456 e. The van der Waals surface area contributed by atoms with Gasteiger partial charge in [0.05, 0.1) is 46.2 Å². The van der Waals surface area contributed by atoms with Crippen molar-refractivity contribution in [1.29, 1.82) is 0 Å². The Hall–Kier alpha value is -7.11. The molecule has 0 saturated carbocycles. The lowest BCUT2D eigenvalue weighted by molar-refractivity contribution is 0.250. The van der Waals surface area contributed by atoms with Gasteiger partial charge in [-0.1, -0.05) is 159 Å². The fourth-order valence-corrected chi connectivity index (χ4v) is 9.80. The van der Waals surface area contributed by atoms with Crippen molar-refractivity contribution in [2.45, 2.75) is 78.4 Å². The van der Waals surface area contributed by atoms with E-state index in [0.717, 1.165) is 72.5 Å². The summed E-state index contributed by atoms with van der Waals surface area (Å²) in [5.74, 6) is 2.17. The normalized spacial score (nSPS) is 14.5. The first-order valence-electron chi connectivity index (χ1n) is 24.6. The highest BCUT2D eigenvalue weighted by Crippen LogP contribution is 2.48. The Balaban J connectivity index is 0.976. The van der Waals surface area contributed by atoms with Crippen molar-refractivity contribution < 1.29 is 18.5 Å². The number of nitrogens with zero attached hydrogens (tertiary/aromatic N) is 5. The molecule has 0 spiro atoms. The SMILES string of the molecule is CC(C)(C)B1OB(c2cccc(-c3ccccc3)c2N2CN(c3cncc(Oc4ccc5c6cc(-c7ccccc7)ccc6n(-c6cc(C(C)(C)C)ccn6)c5c4)c3)c3ccccc32)OB(C(C)(C)C)O1. The van der Waals surface area contributed by atoms with Crippen molar-refractivity contribution in [1.82, 2.24) is 14.5 Å². The Morgan fingerprint density at radius 1 is 0.535 bits per heavy atom. The van der Waals surface area contributed by atoms with Crippen LogP contribution in [0.15, 0.2) is 176 Å². The van der Waals surface area contributed by atoms with Gasteiger partial charge in [-0.15, -0.1) is 0 Å². The minimum atomic E-state index is -0.698. The van der Waals surface area contributed by atoms with Crippen LogP contribution in [0.2, 0.25) is 10.6 Å². The Bertz CT molecular complexity index is 3400. The predicted molar refractivity (Wildman–Crippen MR) is 294 cm³/mol. The zero-order valence-corrected chi connectivity index (χ0v) is 42.1. The van der Waals surface area contributed by atoms with E-state index >= 15 is 0 Å². The Labute approximate surface area is 418 Å². The number of hydrogen-bond donors (Lipinski definition) is 0. The molecular formula is C59H58B3N5O4. The van der Waals surface area contributed by atoms with Crippen molar-refractivity contribution in [3.8, 4) is 39.6 Å². The first-order valence-corrected chi connectivity index (χ1v) is 24.6. The molecule has 5 heterocycles. The van der Waals surface area contributed by atoms with Gasteiger partial charge in [0.15, 0.2) is 0 Å². The van der Waals surface area contributed by atoms with Crippen LogP contribution in [0.1, 0.15) is 67.9 Å². The van der Waals surface area contributed by atoms with Gasteiger partial charge in [-0.3, -0.25) is 9.55 Å². The third kappa shape index (κ3) is 8.90. The fraction of sp³-hybridized carbons (Fsp3) is 0.220. The van der Waals surface area contributed by atoms with Gasteiger partial charge < -0.3 is 28.3 Å². The van der Waals surface area contributed by atoms with Crippen LogP contribution in [0.3, 0.4) is 0 Å². The van der Waals surface area contributed by atoms with Crippen LogP contribution < -0.4 is 20.0 Å². The monoisotopic (exact) mass is 933 g/mol. The smallest absolute Gasteiger partial charge is 0.456 e. The molecule has 11 rings (SSSR count). The number of ether oxygens (including phenoxy) is 1. The van der Waals surface area contributed by atoms with Crippen LogP contribution >= 0.6 is 0 Å².